The van der Waals surface area contributed by atoms with Crippen LogP contribution in [-0.2, 0) is 9.30 Å². The minimum atomic E-state index is -2.10. The summed E-state index contributed by atoms with van der Waals surface area (Å²) in [6.07, 6.45) is 2.04. The maximum absolute atomic E-state index is 12.4. The van der Waals surface area contributed by atoms with Gasteiger partial charge in [-0.2, -0.15) is 0 Å². The van der Waals surface area contributed by atoms with E-state index in [9.17, 15) is 9.67 Å². The van der Waals surface area contributed by atoms with Crippen molar-refractivity contribution >= 4 is 25.1 Å². The molecule has 1 saturated heterocycles. The molecule has 2 aromatic rings. The Morgan fingerprint density at radius 3 is 2.91 bits per heavy atom. The molecule has 3 N–H and O–H groups in total. The molecule has 1 fully saturated rings. The molecule has 3 atom stereocenters. The highest BCUT2D eigenvalue weighted by atomic mass is 31.1. The topological polar surface area (TPSA) is 123 Å². The van der Waals surface area contributed by atoms with Gasteiger partial charge < -0.3 is 15.6 Å². The fourth-order valence-electron chi connectivity index (χ4n) is 2.59. The number of morpholine rings is 1. The molecular weight excluding hydrogens is 321 g/mol. The summed E-state index contributed by atoms with van der Waals surface area (Å²) in [5.41, 5.74) is 6.84. The number of aromatic nitrogens is 4. The Labute approximate surface area is 133 Å². The minimum Gasteiger partial charge on any atom is -0.394 e. The lowest BCUT2D eigenvalue weighted by Gasteiger charge is -2.38. The molecule has 0 amide bonds. The number of nitrogen functional groups attached to an aromatic ring is 1. The lowest BCUT2D eigenvalue weighted by atomic mass is 10.3. The first-order chi connectivity index (χ1) is 11.0. The molecular formula is C12H20N7O3P. The summed E-state index contributed by atoms with van der Waals surface area (Å²) < 4.78 is 23.5. The van der Waals surface area contributed by atoms with Gasteiger partial charge >= 0.3 is 0 Å². The van der Waals surface area contributed by atoms with Crippen LogP contribution in [0.5, 0.6) is 0 Å². The van der Waals surface area contributed by atoms with E-state index in [4.69, 9.17) is 10.5 Å². The smallest absolute Gasteiger partial charge is 0.204 e. The van der Waals surface area contributed by atoms with Gasteiger partial charge in [0, 0.05) is 6.54 Å². The Morgan fingerprint density at radius 1 is 1.43 bits per heavy atom. The van der Waals surface area contributed by atoms with E-state index >= 15 is 0 Å². The Hall–Kier alpha value is -1.58. The van der Waals surface area contributed by atoms with E-state index in [1.165, 1.54) is 6.33 Å². The van der Waals surface area contributed by atoms with Crippen molar-refractivity contribution in [1.82, 2.24) is 28.9 Å². The predicted molar refractivity (Wildman–Crippen MR) is 85.0 cm³/mol. The lowest BCUT2D eigenvalue weighted by Crippen LogP contribution is -2.44. The number of ether oxygens (including phenoxy) is 1. The Balaban J connectivity index is 1.93. The zero-order valence-corrected chi connectivity index (χ0v) is 14.0. The van der Waals surface area contributed by atoms with Crippen molar-refractivity contribution in [3.05, 3.63) is 12.7 Å². The first kappa shape index (κ1) is 16.3. The first-order valence-electron chi connectivity index (χ1n) is 7.16. The van der Waals surface area contributed by atoms with Gasteiger partial charge in [0.05, 0.1) is 25.6 Å². The average Bonchev–Trinajstić information content (AvgIpc) is 2.99. The number of nitrogens with zero attached hydrogens (tertiary/aromatic N) is 6. The van der Waals surface area contributed by atoms with E-state index in [-0.39, 0.29) is 6.61 Å². The van der Waals surface area contributed by atoms with Crippen molar-refractivity contribution < 1.29 is 14.4 Å². The molecule has 3 heterocycles. The number of hydrogen-bond donors (Lipinski definition) is 2. The van der Waals surface area contributed by atoms with Gasteiger partial charge in [-0.3, -0.25) is 9.13 Å². The third-order valence-electron chi connectivity index (χ3n) is 3.70. The number of fused-ring (bicyclic) bond motifs is 1. The number of nitrogens with two attached hydrogens (primary N) is 1. The molecule has 0 spiro atoms. The molecule has 10 nitrogen and oxygen atoms in total. The molecule has 11 heteroatoms. The van der Waals surface area contributed by atoms with Crippen LogP contribution < -0.4 is 5.73 Å². The van der Waals surface area contributed by atoms with Crippen LogP contribution in [0.4, 0.5) is 5.82 Å². The van der Waals surface area contributed by atoms with Crippen LogP contribution >= 0.6 is 8.10 Å². The van der Waals surface area contributed by atoms with Crippen LogP contribution in [0, 0.1) is 0 Å². The minimum absolute atomic E-state index is 0.153. The fourth-order valence-corrected chi connectivity index (χ4v) is 3.83. The van der Waals surface area contributed by atoms with Crippen molar-refractivity contribution in [1.29, 1.82) is 0 Å². The predicted octanol–water partition coefficient (Wildman–Crippen LogP) is -0.449. The van der Waals surface area contributed by atoms with Gasteiger partial charge in [0.15, 0.2) is 11.5 Å². The van der Waals surface area contributed by atoms with Crippen LogP contribution in [0.15, 0.2) is 12.7 Å². The molecule has 2 aromatic heterocycles. The van der Waals surface area contributed by atoms with Crippen LogP contribution in [-0.4, -0.2) is 73.9 Å². The highest BCUT2D eigenvalue weighted by molar-refractivity contribution is 7.39. The second kappa shape index (κ2) is 6.50. The number of aliphatic hydroxyl groups is 1. The summed E-state index contributed by atoms with van der Waals surface area (Å²) in [6.45, 7) is 0.661. The Bertz CT molecular complexity index is 722. The summed E-state index contributed by atoms with van der Waals surface area (Å²) in [6, 6.07) is 0. The van der Waals surface area contributed by atoms with Gasteiger partial charge in [0.2, 0.25) is 8.10 Å². The van der Waals surface area contributed by atoms with E-state index in [1.54, 1.807) is 29.7 Å². The zero-order chi connectivity index (χ0) is 16.6. The molecule has 0 saturated carbocycles. The molecule has 23 heavy (non-hydrogen) atoms. The van der Waals surface area contributed by atoms with Crippen LogP contribution in [0.2, 0.25) is 0 Å². The molecule has 0 bridgehead atoms. The zero-order valence-electron chi connectivity index (χ0n) is 13.0. The van der Waals surface area contributed by atoms with Crippen molar-refractivity contribution in [2.75, 3.05) is 39.5 Å². The molecule has 0 aromatic carbocycles. The normalized spacial score (nSPS) is 24.3. The summed E-state index contributed by atoms with van der Waals surface area (Å²) in [7, 11) is 1.43. The molecule has 3 unspecified atom stereocenters. The van der Waals surface area contributed by atoms with Gasteiger partial charge in [-0.25, -0.2) is 24.3 Å². The number of imidazole rings is 1. The van der Waals surface area contributed by atoms with E-state index in [2.05, 4.69) is 15.0 Å². The summed E-state index contributed by atoms with van der Waals surface area (Å²) >= 11 is 0. The van der Waals surface area contributed by atoms with Crippen molar-refractivity contribution in [2.45, 2.75) is 12.3 Å². The van der Waals surface area contributed by atoms with Crippen LogP contribution in [0.25, 0.3) is 11.2 Å². The van der Waals surface area contributed by atoms with E-state index < -0.39 is 20.4 Å². The third-order valence-corrected chi connectivity index (χ3v) is 5.38. The van der Waals surface area contributed by atoms with Gasteiger partial charge in [0.25, 0.3) is 0 Å². The van der Waals surface area contributed by atoms with E-state index in [1.807, 2.05) is 4.67 Å². The number of hydrogen-bond acceptors (Lipinski definition) is 7. The molecule has 1 aliphatic rings. The van der Waals surface area contributed by atoms with Gasteiger partial charge in [-0.1, -0.05) is 0 Å². The second-order valence-electron chi connectivity index (χ2n) is 5.56. The number of aliphatic hydroxyl groups excluding tert-OH is 1. The lowest BCUT2D eigenvalue weighted by molar-refractivity contribution is -0.116. The molecule has 0 aliphatic carbocycles. The first-order valence-corrected chi connectivity index (χ1v) is 8.47. The fraction of sp³-hybridized carbons (Fsp3) is 0.583. The average molecular weight is 341 g/mol. The second-order valence-corrected chi connectivity index (χ2v) is 7.65. The number of rotatable bonds is 4. The SMILES string of the molecule is CN(C)[PH](=O)N1CC(CO)OC(n2cnc3c(N)ncnc32)C1. The van der Waals surface area contributed by atoms with Gasteiger partial charge in [0.1, 0.15) is 18.1 Å². The highest BCUT2D eigenvalue weighted by Crippen LogP contribution is 2.35. The third kappa shape index (κ3) is 3.08. The maximum atomic E-state index is 12.4. The monoisotopic (exact) mass is 341 g/mol. The summed E-state index contributed by atoms with van der Waals surface area (Å²) in [4.78, 5) is 12.3. The Kier molecular flexibility index (Phi) is 4.60. The number of anilines is 1. The molecule has 126 valence electrons. The van der Waals surface area contributed by atoms with E-state index in [0.29, 0.717) is 30.1 Å². The highest BCUT2D eigenvalue weighted by Gasteiger charge is 2.32. The summed E-state index contributed by atoms with van der Waals surface area (Å²) in [5.74, 6) is 0.294. The van der Waals surface area contributed by atoms with Crippen molar-refractivity contribution in [3.63, 3.8) is 0 Å². The van der Waals surface area contributed by atoms with Crippen molar-refractivity contribution in [3.8, 4) is 0 Å². The largest absolute Gasteiger partial charge is 0.394 e. The van der Waals surface area contributed by atoms with Crippen LogP contribution in [0.3, 0.4) is 0 Å². The molecule has 0 radical (unpaired) electrons. The molecule has 3 rings (SSSR count). The maximum Gasteiger partial charge on any atom is 0.204 e. The molecule has 1 aliphatic heterocycles. The van der Waals surface area contributed by atoms with Crippen molar-refractivity contribution in [2.24, 2.45) is 0 Å². The van der Waals surface area contributed by atoms with Gasteiger partial charge in [-0.15, -0.1) is 0 Å². The summed E-state index contributed by atoms with van der Waals surface area (Å²) in [5, 5.41) is 9.48. The van der Waals surface area contributed by atoms with Crippen LogP contribution in [0.1, 0.15) is 6.23 Å². The standard InChI is InChI=1S/C12H20N7O3P/c1-17(2)23(21)18-3-8(5-20)22-9(4-18)19-7-16-10-11(13)14-6-15-12(10)19/h6-9,20,23H,3-5H2,1-2H3,(H2,13,14,15). The Morgan fingerprint density at radius 2 is 2.22 bits per heavy atom. The van der Waals surface area contributed by atoms with Gasteiger partial charge in [-0.05, 0) is 14.1 Å². The van der Waals surface area contributed by atoms with E-state index in [0.717, 1.165) is 0 Å². The quantitative estimate of drug-likeness (QED) is 0.712.